The van der Waals surface area contributed by atoms with E-state index < -0.39 is 12.4 Å². The smallest absolute Gasteiger partial charge is 0.304 e. The molecule has 0 fully saturated rings. The lowest BCUT2D eigenvalue weighted by Crippen LogP contribution is -2.29. The van der Waals surface area contributed by atoms with Gasteiger partial charge in [0.25, 0.3) is 6.43 Å². The van der Waals surface area contributed by atoms with Crippen LogP contribution in [-0.4, -0.2) is 22.5 Å². The van der Waals surface area contributed by atoms with Gasteiger partial charge in [-0.2, -0.15) is 0 Å². The Morgan fingerprint density at radius 2 is 1.94 bits per heavy atom. The van der Waals surface area contributed by atoms with Gasteiger partial charge in [-0.15, -0.1) is 17.9 Å². The largest absolute Gasteiger partial charge is 0.489 e. The van der Waals surface area contributed by atoms with Gasteiger partial charge in [0.05, 0.1) is 11.3 Å². The molecule has 2 aromatic carbocycles. The lowest BCUT2D eigenvalue weighted by atomic mass is 9.96. The summed E-state index contributed by atoms with van der Waals surface area (Å²) in [6.07, 6.45) is 0.0682. The fourth-order valence-electron chi connectivity index (χ4n) is 4.24. The van der Waals surface area contributed by atoms with E-state index in [2.05, 4.69) is 23.6 Å². The van der Waals surface area contributed by atoms with Crippen LogP contribution in [0.25, 0.3) is 0 Å². The quantitative estimate of drug-likeness (QED) is 0.332. The summed E-state index contributed by atoms with van der Waals surface area (Å²) in [4.78, 5) is 14.5. The highest BCUT2D eigenvalue weighted by Gasteiger charge is 2.22. The Morgan fingerprint density at radius 3 is 2.65 bits per heavy atom. The SMILES string of the molecule is C=C[C@@H](CC(=O)O)c1ccc(OCc2cccc(CN3CCc4sc(C(F)F)cc4C3)c2)cc1. The molecular weight excluding hydrogens is 456 g/mol. The number of hydrogen-bond donors (Lipinski definition) is 1. The third-order valence-corrected chi connectivity index (χ3v) is 7.21. The number of thiophene rings is 1. The van der Waals surface area contributed by atoms with Crippen LogP contribution in [0.1, 0.15) is 50.8 Å². The zero-order chi connectivity index (χ0) is 24.1. The summed E-state index contributed by atoms with van der Waals surface area (Å²) in [5.74, 6) is -0.378. The zero-order valence-electron chi connectivity index (χ0n) is 18.8. The average molecular weight is 484 g/mol. The van der Waals surface area contributed by atoms with Gasteiger partial charge in [0.2, 0.25) is 0 Å². The number of aliphatic carboxylic acids is 1. The molecule has 0 spiro atoms. The van der Waals surface area contributed by atoms with Crippen molar-refractivity contribution in [1.29, 1.82) is 0 Å². The van der Waals surface area contributed by atoms with E-state index in [1.54, 1.807) is 12.1 Å². The molecule has 4 nitrogen and oxygen atoms in total. The van der Waals surface area contributed by atoms with Crippen LogP contribution >= 0.6 is 11.3 Å². The predicted molar refractivity (Wildman–Crippen MR) is 130 cm³/mol. The number of ether oxygens (including phenoxy) is 1. The van der Waals surface area contributed by atoms with Crippen molar-refractivity contribution in [2.75, 3.05) is 6.54 Å². The molecule has 1 aromatic heterocycles. The summed E-state index contributed by atoms with van der Waals surface area (Å²) < 4.78 is 32.0. The maximum absolute atomic E-state index is 13.0. The minimum Gasteiger partial charge on any atom is -0.489 e. The molecule has 0 amide bonds. The van der Waals surface area contributed by atoms with Crippen molar-refractivity contribution < 1.29 is 23.4 Å². The first-order valence-corrected chi connectivity index (χ1v) is 12.0. The van der Waals surface area contributed by atoms with E-state index in [0.717, 1.165) is 46.6 Å². The second kappa shape index (κ2) is 10.9. The molecule has 0 radical (unpaired) electrons. The molecule has 0 bridgehead atoms. The first-order valence-electron chi connectivity index (χ1n) is 11.2. The molecule has 0 aliphatic carbocycles. The zero-order valence-corrected chi connectivity index (χ0v) is 19.6. The fraction of sp³-hybridized carbons (Fsp3) is 0.296. The molecular formula is C27H27F2NO3S. The van der Waals surface area contributed by atoms with Crippen LogP contribution in [0.3, 0.4) is 0 Å². The number of nitrogens with zero attached hydrogens (tertiary/aromatic N) is 1. The van der Waals surface area contributed by atoms with E-state index in [1.165, 1.54) is 11.3 Å². The third kappa shape index (κ3) is 6.10. The number of allylic oxidation sites excluding steroid dienone is 1. The first kappa shape index (κ1) is 24.1. The Hall–Kier alpha value is -3.03. The molecule has 7 heteroatoms. The van der Waals surface area contributed by atoms with E-state index in [4.69, 9.17) is 9.84 Å². The maximum atomic E-state index is 13.0. The van der Waals surface area contributed by atoms with Crippen LogP contribution < -0.4 is 4.74 Å². The predicted octanol–water partition coefficient (Wildman–Crippen LogP) is 6.57. The minimum absolute atomic E-state index is 0.00855. The van der Waals surface area contributed by atoms with Gasteiger partial charge in [0.1, 0.15) is 12.4 Å². The Balaban J connectivity index is 1.33. The summed E-state index contributed by atoms with van der Waals surface area (Å²) in [5.41, 5.74) is 4.12. The van der Waals surface area contributed by atoms with Crippen LogP contribution in [0, 0.1) is 0 Å². The van der Waals surface area contributed by atoms with Crippen molar-refractivity contribution in [1.82, 2.24) is 4.90 Å². The van der Waals surface area contributed by atoms with E-state index in [0.29, 0.717) is 18.9 Å². The number of benzene rings is 2. The number of carboxylic acid groups (broad SMARTS) is 1. The molecule has 0 saturated heterocycles. The van der Waals surface area contributed by atoms with Crippen LogP contribution in [0.4, 0.5) is 8.78 Å². The van der Waals surface area contributed by atoms with Gasteiger partial charge in [0.15, 0.2) is 0 Å². The van der Waals surface area contributed by atoms with Crippen molar-refractivity contribution in [2.24, 2.45) is 0 Å². The van der Waals surface area contributed by atoms with Crippen LogP contribution in [0.2, 0.25) is 0 Å². The molecule has 0 saturated carbocycles. The lowest BCUT2D eigenvalue weighted by Gasteiger charge is -2.26. The highest BCUT2D eigenvalue weighted by Crippen LogP contribution is 2.34. The molecule has 1 N–H and O–H groups in total. The van der Waals surface area contributed by atoms with E-state index in [1.807, 2.05) is 36.4 Å². The highest BCUT2D eigenvalue weighted by atomic mass is 32.1. The number of halogens is 2. The van der Waals surface area contributed by atoms with Crippen molar-refractivity contribution >= 4 is 17.3 Å². The molecule has 1 aliphatic rings. The van der Waals surface area contributed by atoms with Crippen LogP contribution in [0.5, 0.6) is 5.75 Å². The van der Waals surface area contributed by atoms with Gasteiger partial charge in [-0.3, -0.25) is 9.69 Å². The molecule has 1 aliphatic heterocycles. The van der Waals surface area contributed by atoms with E-state index >= 15 is 0 Å². The summed E-state index contributed by atoms with van der Waals surface area (Å²) >= 11 is 1.24. The maximum Gasteiger partial charge on any atom is 0.304 e. The van der Waals surface area contributed by atoms with Gasteiger partial charge in [0, 0.05) is 30.4 Å². The van der Waals surface area contributed by atoms with Crippen LogP contribution in [0.15, 0.2) is 67.3 Å². The molecule has 178 valence electrons. The Bertz CT molecular complexity index is 1140. The second-order valence-electron chi connectivity index (χ2n) is 8.48. The monoisotopic (exact) mass is 483 g/mol. The molecule has 2 heterocycles. The Labute approximate surface area is 202 Å². The Kier molecular flexibility index (Phi) is 7.75. The fourth-order valence-corrected chi connectivity index (χ4v) is 5.26. The van der Waals surface area contributed by atoms with Gasteiger partial charge in [-0.1, -0.05) is 42.5 Å². The molecule has 0 unspecified atom stereocenters. The standard InChI is InChI=1S/C27H27F2NO3S/c1-2-20(14-26(31)32)21-6-8-23(9-7-21)33-17-19-5-3-4-18(12-19)15-30-11-10-24-22(16-30)13-25(34-24)27(28)29/h2-9,12-13,20,27H,1,10-11,14-17H2,(H,31,32)/t20-/m0/s1. The second-order valence-corrected chi connectivity index (χ2v) is 9.64. The number of carbonyl (C=O) groups is 1. The first-order chi connectivity index (χ1) is 16.4. The minimum atomic E-state index is -2.40. The van der Waals surface area contributed by atoms with Gasteiger partial charge >= 0.3 is 5.97 Å². The number of fused-ring (bicyclic) bond motifs is 1. The van der Waals surface area contributed by atoms with E-state index in [-0.39, 0.29) is 17.2 Å². The molecule has 34 heavy (non-hydrogen) atoms. The average Bonchev–Trinajstić information content (AvgIpc) is 3.26. The number of carboxylic acids is 1. The van der Waals surface area contributed by atoms with Gasteiger partial charge in [-0.25, -0.2) is 8.78 Å². The van der Waals surface area contributed by atoms with Crippen molar-refractivity contribution in [2.45, 2.75) is 44.9 Å². The van der Waals surface area contributed by atoms with Crippen molar-refractivity contribution in [3.05, 3.63) is 99.3 Å². The molecule has 4 rings (SSSR count). The Morgan fingerprint density at radius 1 is 1.18 bits per heavy atom. The lowest BCUT2D eigenvalue weighted by molar-refractivity contribution is -0.137. The number of hydrogen-bond acceptors (Lipinski definition) is 4. The van der Waals surface area contributed by atoms with Crippen molar-refractivity contribution in [3.8, 4) is 5.75 Å². The molecule has 1 atom stereocenters. The summed E-state index contributed by atoms with van der Waals surface area (Å²) in [6.45, 7) is 6.46. The summed E-state index contributed by atoms with van der Waals surface area (Å²) in [7, 11) is 0. The van der Waals surface area contributed by atoms with Crippen LogP contribution in [-0.2, 0) is 30.9 Å². The number of rotatable bonds is 10. The highest BCUT2D eigenvalue weighted by molar-refractivity contribution is 7.12. The van der Waals surface area contributed by atoms with Gasteiger partial charge < -0.3 is 9.84 Å². The molecule has 3 aromatic rings. The van der Waals surface area contributed by atoms with Crippen molar-refractivity contribution in [3.63, 3.8) is 0 Å². The summed E-state index contributed by atoms with van der Waals surface area (Å²) in [6, 6.07) is 17.3. The van der Waals surface area contributed by atoms with E-state index in [9.17, 15) is 13.6 Å². The third-order valence-electron chi connectivity index (χ3n) is 5.97. The summed E-state index contributed by atoms with van der Waals surface area (Å²) in [5, 5.41) is 9.03. The van der Waals surface area contributed by atoms with Gasteiger partial charge in [-0.05, 0) is 46.9 Å². The number of alkyl halides is 2. The topological polar surface area (TPSA) is 49.8 Å². The normalized spacial score (nSPS) is 14.6.